The highest BCUT2D eigenvalue weighted by Gasteiger charge is 2.19. The third-order valence-electron chi connectivity index (χ3n) is 3.71. The molecule has 0 spiro atoms. The van der Waals surface area contributed by atoms with Gasteiger partial charge < -0.3 is 5.73 Å². The molecule has 0 amide bonds. The van der Waals surface area contributed by atoms with E-state index in [1.165, 1.54) is 16.7 Å². The molecule has 98 valence electrons. The van der Waals surface area contributed by atoms with E-state index in [0.717, 1.165) is 36.8 Å². The fraction of sp³-hybridized carbons (Fsp3) is 0.250. The monoisotopic (exact) mass is 272 g/mol. The van der Waals surface area contributed by atoms with E-state index in [4.69, 9.17) is 17.3 Å². The molecule has 3 heteroatoms. The summed E-state index contributed by atoms with van der Waals surface area (Å²) in [6, 6.07) is 14.3. The molecule has 2 N–H and O–H groups in total. The predicted octanol–water partition coefficient (Wildman–Crippen LogP) is 3.48. The zero-order chi connectivity index (χ0) is 13.2. The van der Waals surface area contributed by atoms with E-state index >= 15 is 0 Å². The van der Waals surface area contributed by atoms with E-state index in [2.05, 4.69) is 23.1 Å². The van der Waals surface area contributed by atoms with Crippen molar-refractivity contribution in [2.45, 2.75) is 19.5 Å². The van der Waals surface area contributed by atoms with Crippen molar-refractivity contribution < 1.29 is 0 Å². The number of nitrogen functional groups attached to an aromatic ring is 1. The number of anilines is 1. The van der Waals surface area contributed by atoms with Gasteiger partial charge in [0, 0.05) is 30.3 Å². The van der Waals surface area contributed by atoms with Gasteiger partial charge in [0.25, 0.3) is 0 Å². The summed E-state index contributed by atoms with van der Waals surface area (Å²) in [5.41, 5.74) is 10.9. The topological polar surface area (TPSA) is 29.3 Å². The van der Waals surface area contributed by atoms with E-state index in [9.17, 15) is 0 Å². The third kappa shape index (κ3) is 2.75. The highest BCUT2D eigenvalue weighted by atomic mass is 35.5. The standard InChI is InChI=1S/C16H17ClN2/c17-14-6-4-12(5-7-14)8-9-19-10-13-2-1-3-16(18)15(13)11-19/h1-7H,8-11,18H2. The highest BCUT2D eigenvalue weighted by molar-refractivity contribution is 6.30. The fourth-order valence-corrected chi connectivity index (χ4v) is 2.74. The van der Waals surface area contributed by atoms with Crippen molar-refractivity contribution in [1.82, 2.24) is 4.90 Å². The lowest BCUT2D eigenvalue weighted by atomic mass is 10.1. The highest BCUT2D eigenvalue weighted by Crippen LogP contribution is 2.27. The van der Waals surface area contributed by atoms with E-state index in [1.807, 2.05) is 24.3 Å². The van der Waals surface area contributed by atoms with Gasteiger partial charge in [-0.3, -0.25) is 4.90 Å². The van der Waals surface area contributed by atoms with Crippen molar-refractivity contribution in [3.8, 4) is 0 Å². The number of nitrogens with two attached hydrogens (primary N) is 1. The SMILES string of the molecule is Nc1cccc2c1CN(CCc1ccc(Cl)cc1)C2. The second-order valence-electron chi connectivity index (χ2n) is 5.07. The number of nitrogens with zero attached hydrogens (tertiary/aromatic N) is 1. The molecule has 19 heavy (non-hydrogen) atoms. The van der Waals surface area contributed by atoms with E-state index in [-0.39, 0.29) is 0 Å². The van der Waals surface area contributed by atoms with Crippen LogP contribution in [0.25, 0.3) is 0 Å². The molecule has 2 nitrogen and oxygen atoms in total. The summed E-state index contributed by atoms with van der Waals surface area (Å²) >= 11 is 5.89. The molecule has 1 aliphatic heterocycles. The smallest absolute Gasteiger partial charge is 0.0406 e. The summed E-state index contributed by atoms with van der Waals surface area (Å²) in [5, 5.41) is 0.796. The van der Waals surface area contributed by atoms with Crippen molar-refractivity contribution >= 4 is 17.3 Å². The second kappa shape index (κ2) is 5.24. The summed E-state index contributed by atoms with van der Waals surface area (Å²) in [4.78, 5) is 2.44. The molecule has 0 unspecified atom stereocenters. The van der Waals surface area contributed by atoms with Crippen molar-refractivity contribution in [1.29, 1.82) is 0 Å². The Balaban J connectivity index is 1.62. The van der Waals surface area contributed by atoms with Gasteiger partial charge in [0.15, 0.2) is 0 Å². The fourth-order valence-electron chi connectivity index (χ4n) is 2.61. The molecule has 3 rings (SSSR count). The molecule has 0 atom stereocenters. The molecular formula is C16H17ClN2. The molecule has 0 saturated heterocycles. The molecule has 0 bridgehead atoms. The minimum Gasteiger partial charge on any atom is -0.398 e. The van der Waals surface area contributed by atoms with Crippen molar-refractivity contribution in [2.75, 3.05) is 12.3 Å². The molecule has 1 aliphatic rings. The first-order valence-corrected chi connectivity index (χ1v) is 6.93. The normalized spacial score (nSPS) is 14.6. The van der Waals surface area contributed by atoms with E-state index in [1.54, 1.807) is 0 Å². The summed E-state index contributed by atoms with van der Waals surface area (Å²) in [6.45, 7) is 3.03. The molecule has 0 fully saturated rings. The van der Waals surface area contributed by atoms with Crippen LogP contribution in [0, 0.1) is 0 Å². The first-order chi connectivity index (χ1) is 9.22. The number of hydrogen-bond donors (Lipinski definition) is 1. The average molecular weight is 273 g/mol. The Kier molecular flexibility index (Phi) is 3.45. The van der Waals surface area contributed by atoms with Crippen molar-refractivity contribution in [2.24, 2.45) is 0 Å². The molecule has 2 aromatic carbocycles. The summed E-state index contributed by atoms with van der Waals surface area (Å²) in [6.07, 6.45) is 1.05. The maximum absolute atomic E-state index is 6.02. The van der Waals surface area contributed by atoms with Gasteiger partial charge in [-0.05, 0) is 41.3 Å². The zero-order valence-electron chi connectivity index (χ0n) is 10.8. The Hall–Kier alpha value is -1.51. The Morgan fingerprint density at radius 2 is 1.84 bits per heavy atom. The number of fused-ring (bicyclic) bond motifs is 1. The van der Waals surface area contributed by atoms with Crippen LogP contribution in [0.5, 0.6) is 0 Å². The predicted molar refractivity (Wildman–Crippen MR) is 80.1 cm³/mol. The van der Waals surface area contributed by atoms with Crippen LogP contribution in [-0.2, 0) is 19.5 Å². The zero-order valence-corrected chi connectivity index (χ0v) is 11.5. The molecule has 0 saturated carbocycles. The Bertz CT molecular complexity index is 578. The van der Waals surface area contributed by atoms with Gasteiger partial charge in [-0.2, -0.15) is 0 Å². The van der Waals surface area contributed by atoms with Gasteiger partial charge in [0.05, 0.1) is 0 Å². The minimum absolute atomic E-state index is 0.796. The maximum atomic E-state index is 6.02. The summed E-state index contributed by atoms with van der Waals surface area (Å²) in [5.74, 6) is 0. The van der Waals surface area contributed by atoms with Crippen LogP contribution in [0.2, 0.25) is 5.02 Å². The minimum atomic E-state index is 0.796. The summed E-state index contributed by atoms with van der Waals surface area (Å²) < 4.78 is 0. The van der Waals surface area contributed by atoms with E-state index < -0.39 is 0 Å². The first kappa shape index (κ1) is 12.5. The molecule has 2 aromatic rings. The van der Waals surface area contributed by atoms with Gasteiger partial charge >= 0.3 is 0 Å². The Labute approximate surface area is 118 Å². The van der Waals surface area contributed by atoms with Crippen molar-refractivity contribution in [3.63, 3.8) is 0 Å². The summed E-state index contributed by atoms with van der Waals surface area (Å²) in [7, 11) is 0. The largest absolute Gasteiger partial charge is 0.398 e. The molecular weight excluding hydrogens is 256 g/mol. The van der Waals surface area contributed by atoms with Crippen molar-refractivity contribution in [3.05, 3.63) is 64.2 Å². The Morgan fingerprint density at radius 1 is 1.05 bits per heavy atom. The lowest BCUT2D eigenvalue weighted by Gasteiger charge is -2.14. The van der Waals surface area contributed by atoms with Crippen LogP contribution < -0.4 is 5.73 Å². The molecule has 0 aliphatic carbocycles. The quantitative estimate of drug-likeness (QED) is 0.867. The van der Waals surface area contributed by atoms with Crippen LogP contribution >= 0.6 is 11.6 Å². The van der Waals surface area contributed by atoms with E-state index in [0.29, 0.717) is 0 Å². The number of benzene rings is 2. The van der Waals surface area contributed by atoms with Crippen LogP contribution in [0.3, 0.4) is 0 Å². The van der Waals surface area contributed by atoms with Crippen LogP contribution in [0.4, 0.5) is 5.69 Å². The number of halogens is 1. The Morgan fingerprint density at radius 3 is 2.58 bits per heavy atom. The third-order valence-corrected chi connectivity index (χ3v) is 3.97. The van der Waals surface area contributed by atoms with Gasteiger partial charge in [-0.15, -0.1) is 0 Å². The lowest BCUT2D eigenvalue weighted by Crippen LogP contribution is -2.19. The average Bonchev–Trinajstić information content (AvgIpc) is 2.83. The molecule has 0 aromatic heterocycles. The lowest BCUT2D eigenvalue weighted by molar-refractivity contribution is 0.288. The van der Waals surface area contributed by atoms with Gasteiger partial charge in [0.2, 0.25) is 0 Å². The van der Waals surface area contributed by atoms with Gasteiger partial charge in [-0.1, -0.05) is 35.9 Å². The molecule has 0 radical (unpaired) electrons. The van der Waals surface area contributed by atoms with Crippen LogP contribution in [0.1, 0.15) is 16.7 Å². The van der Waals surface area contributed by atoms with Gasteiger partial charge in [-0.25, -0.2) is 0 Å². The second-order valence-corrected chi connectivity index (χ2v) is 5.51. The maximum Gasteiger partial charge on any atom is 0.0406 e. The van der Waals surface area contributed by atoms with Gasteiger partial charge in [0.1, 0.15) is 0 Å². The number of rotatable bonds is 3. The van der Waals surface area contributed by atoms with Crippen LogP contribution in [-0.4, -0.2) is 11.4 Å². The van der Waals surface area contributed by atoms with Crippen LogP contribution in [0.15, 0.2) is 42.5 Å². The number of hydrogen-bond acceptors (Lipinski definition) is 2. The first-order valence-electron chi connectivity index (χ1n) is 6.55. The molecule has 1 heterocycles.